The van der Waals surface area contributed by atoms with E-state index in [1.807, 2.05) is 24.3 Å². The number of anilines is 1. The predicted octanol–water partition coefficient (Wildman–Crippen LogP) is 1.98. The molecule has 0 bridgehead atoms. The highest BCUT2D eigenvalue weighted by molar-refractivity contribution is 5.45. The fourth-order valence-corrected chi connectivity index (χ4v) is 1.81. The van der Waals surface area contributed by atoms with Crippen LogP contribution in [-0.2, 0) is 6.54 Å². The summed E-state index contributed by atoms with van der Waals surface area (Å²) >= 11 is 0. The Bertz CT molecular complexity index is 679. The number of nitrogens with one attached hydrogen (secondary N) is 1. The number of nitrogens with zero attached hydrogens (tertiary/aromatic N) is 4. The van der Waals surface area contributed by atoms with Crippen LogP contribution >= 0.6 is 0 Å². The Labute approximate surface area is 115 Å². The Hall–Kier alpha value is -2.89. The summed E-state index contributed by atoms with van der Waals surface area (Å²) < 4.78 is 1.59. The molecule has 3 rings (SSSR count). The molecule has 0 atom stereocenters. The third kappa shape index (κ3) is 2.59. The van der Waals surface area contributed by atoms with Gasteiger partial charge in [0.25, 0.3) is 0 Å². The van der Waals surface area contributed by atoms with Crippen LogP contribution in [0.25, 0.3) is 5.82 Å². The van der Waals surface area contributed by atoms with Gasteiger partial charge in [-0.3, -0.25) is 0 Å². The summed E-state index contributed by atoms with van der Waals surface area (Å²) in [5, 5.41) is 16.9. The average Bonchev–Trinajstić information content (AvgIpc) is 3.01. The first-order valence-corrected chi connectivity index (χ1v) is 6.15. The van der Waals surface area contributed by atoms with Crippen molar-refractivity contribution >= 4 is 5.69 Å². The fourth-order valence-electron chi connectivity index (χ4n) is 1.81. The van der Waals surface area contributed by atoms with E-state index in [0.717, 1.165) is 11.3 Å². The summed E-state index contributed by atoms with van der Waals surface area (Å²) in [6, 6.07) is 11.0. The molecule has 0 radical (unpaired) electrons. The molecule has 1 aromatic carbocycles. The van der Waals surface area contributed by atoms with Gasteiger partial charge in [0.1, 0.15) is 18.4 Å². The summed E-state index contributed by atoms with van der Waals surface area (Å²) in [6.45, 7) is 0.539. The van der Waals surface area contributed by atoms with Gasteiger partial charge in [0.05, 0.1) is 11.9 Å². The lowest BCUT2D eigenvalue weighted by atomic mass is 10.2. The van der Waals surface area contributed by atoms with Crippen molar-refractivity contribution in [3.8, 4) is 11.6 Å². The van der Waals surface area contributed by atoms with Crippen LogP contribution in [0.4, 0.5) is 5.69 Å². The summed E-state index contributed by atoms with van der Waals surface area (Å²) in [5.41, 5.74) is 1.71. The van der Waals surface area contributed by atoms with Gasteiger partial charge in [0, 0.05) is 12.1 Å². The van der Waals surface area contributed by atoms with Crippen LogP contribution in [0.5, 0.6) is 5.75 Å². The summed E-state index contributed by atoms with van der Waals surface area (Å²) in [6.07, 6.45) is 4.78. The van der Waals surface area contributed by atoms with Gasteiger partial charge in [0.15, 0.2) is 5.82 Å². The fraction of sp³-hybridized carbons (Fsp3) is 0.0714. The maximum absolute atomic E-state index is 9.68. The number of benzene rings is 1. The van der Waals surface area contributed by atoms with Gasteiger partial charge in [-0.15, -0.1) is 0 Å². The summed E-state index contributed by atoms with van der Waals surface area (Å²) in [4.78, 5) is 8.17. The molecule has 20 heavy (non-hydrogen) atoms. The molecule has 100 valence electrons. The first kappa shape index (κ1) is 12.2. The molecule has 0 saturated carbocycles. The lowest BCUT2D eigenvalue weighted by Gasteiger charge is -2.08. The van der Waals surface area contributed by atoms with E-state index in [1.165, 1.54) is 6.33 Å². The largest absolute Gasteiger partial charge is 0.508 e. The van der Waals surface area contributed by atoms with Gasteiger partial charge in [-0.1, -0.05) is 18.2 Å². The number of hydrogen-bond donors (Lipinski definition) is 2. The van der Waals surface area contributed by atoms with Crippen LogP contribution in [0, 0.1) is 0 Å². The molecule has 0 unspecified atom stereocenters. The van der Waals surface area contributed by atoms with Gasteiger partial charge in [-0.2, -0.15) is 5.10 Å². The molecule has 2 N–H and O–H groups in total. The van der Waals surface area contributed by atoms with Gasteiger partial charge in [-0.05, 0) is 18.2 Å². The molecule has 0 aliphatic rings. The van der Waals surface area contributed by atoms with Crippen LogP contribution < -0.4 is 5.32 Å². The normalized spacial score (nSPS) is 10.4. The van der Waals surface area contributed by atoms with E-state index in [0.29, 0.717) is 12.4 Å². The third-order valence-electron chi connectivity index (χ3n) is 2.88. The summed E-state index contributed by atoms with van der Waals surface area (Å²) in [7, 11) is 0. The molecule has 6 nitrogen and oxygen atoms in total. The monoisotopic (exact) mass is 267 g/mol. The van der Waals surface area contributed by atoms with E-state index < -0.39 is 0 Å². The number of pyridine rings is 1. The van der Waals surface area contributed by atoms with Gasteiger partial charge in [-0.25, -0.2) is 14.6 Å². The van der Waals surface area contributed by atoms with E-state index in [4.69, 9.17) is 0 Å². The first-order chi connectivity index (χ1) is 9.83. The maximum Gasteiger partial charge on any atom is 0.155 e. The third-order valence-corrected chi connectivity index (χ3v) is 2.88. The minimum atomic E-state index is 0.284. The van der Waals surface area contributed by atoms with E-state index >= 15 is 0 Å². The van der Waals surface area contributed by atoms with E-state index in [9.17, 15) is 5.11 Å². The Morgan fingerprint density at radius 3 is 2.75 bits per heavy atom. The van der Waals surface area contributed by atoms with Gasteiger partial charge < -0.3 is 10.4 Å². The number of rotatable bonds is 4. The molecule has 0 amide bonds. The maximum atomic E-state index is 9.68. The van der Waals surface area contributed by atoms with E-state index in [-0.39, 0.29) is 5.75 Å². The molecule has 2 aromatic heterocycles. The lowest BCUT2D eigenvalue weighted by molar-refractivity contribution is 0.469. The molecule has 2 heterocycles. The highest BCUT2D eigenvalue weighted by Gasteiger charge is 2.01. The standard InChI is InChI=1S/C14H13N5O/c20-13-4-2-1-3-11(13)7-16-12-5-6-14(17-8-12)19-10-15-9-18-19/h1-6,8-10,16,20H,7H2. The number of aromatic hydroxyl groups is 1. The Morgan fingerprint density at radius 1 is 1.15 bits per heavy atom. The molecule has 3 aromatic rings. The minimum absolute atomic E-state index is 0.284. The van der Waals surface area contributed by atoms with Crippen molar-refractivity contribution in [3.63, 3.8) is 0 Å². The lowest BCUT2D eigenvalue weighted by Crippen LogP contribution is -2.02. The molecule has 6 heteroatoms. The Morgan fingerprint density at radius 2 is 2.05 bits per heavy atom. The van der Waals surface area contributed by atoms with Crippen LogP contribution in [0.3, 0.4) is 0 Å². The van der Waals surface area contributed by atoms with Crippen molar-refractivity contribution in [2.24, 2.45) is 0 Å². The first-order valence-electron chi connectivity index (χ1n) is 6.15. The number of para-hydroxylation sites is 1. The number of hydrogen-bond acceptors (Lipinski definition) is 5. The van der Waals surface area contributed by atoms with E-state index in [1.54, 1.807) is 29.3 Å². The van der Waals surface area contributed by atoms with Gasteiger partial charge >= 0.3 is 0 Å². The quantitative estimate of drug-likeness (QED) is 0.756. The second-order valence-corrected chi connectivity index (χ2v) is 4.23. The zero-order valence-corrected chi connectivity index (χ0v) is 10.6. The highest BCUT2D eigenvalue weighted by Crippen LogP contribution is 2.17. The number of aromatic nitrogens is 4. The van der Waals surface area contributed by atoms with Crippen molar-refractivity contribution < 1.29 is 5.11 Å². The van der Waals surface area contributed by atoms with Crippen molar-refractivity contribution in [2.75, 3.05) is 5.32 Å². The van der Waals surface area contributed by atoms with Gasteiger partial charge in [0.2, 0.25) is 0 Å². The second kappa shape index (κ2) is 5.40. The smallest absolute Gasteiger partial charge is 0.155 e. The summed E-state index contributed by atoms with van der Waals surface area (Å²) in [5.74, 6) is 0.989. The number of phenolic OH excluding ortho intramolecular Hbond substituents is 1. The number of phenols is 1. The van der Waals surface area contributed by atoms with Crippen molar-refractivity contribution in [1.29, 1.82) is 0 Å². The molecule has 0 spiro atoms. The second-order valence-electron chi connectivity index (χ2n) is 4.23. The van der Waals surface area contributed by atoms with Crippen LogP contribution in [0.1, 0.15) is 5.56 Å². The van der Waals surface area contributed by atoms with Crippen molar-refractivity contribution in [1.82, 2.24) is 19.7 Å². The van der Waals surface area contributed by atoms with Crippen LogP contribution in [-0.4, -0.2) is 24.9 Å². The Balaban J connectivity index is 1.68. The molecular weight excluding hydrogens is 254 g/mol. The molecule has 0 saturated heterocycles. The van der Waals surface area contributed by atoms with E-state index in [2.05, 4.69) is 20.4 Å². The zero-order chi connectivity index (χ0) is 13.8. The topological polar surface area (TPSA) is 75.9 Å². The zero-order valence-electron chi connectivity index (χ0n) is 10.6. The molecule has 0 aliphatic carbocycles. The minimum Gasteiger partial charge on any atom is -0.508 e. The van der Waals surface area contributed by atoms with Crippen molar-refractivity contribution in [2.45, 2.75) is 6.54 Å². The molecule has 0 aliphatic heterocycles. The Kier molecular flexibility index (Phi) is 3.28. The SMILES string of the molecule is Oc1ccccc1CNc1ccc(-n2cncn2)nc1. The predicted molar refractivity (Wildman–Crippen MR) is 74.6 cm³/mol. The highest BCUT2D eigenvalue weighted by atomic mass is 16.3. The molecule has 0 fully saturated rings. The molecular formula is C14H13N5O. The van der Waals surface area contributed by atoms with Crippen LogP contribution in [0.15, 0.2) is 55.2 Å². The van der Waals surface area contributed by atoms with Crippen molar-refractivity contribution in [3.05, 3.63) is 60.8 Å². The van der Waals surface area contributed by atoms with Crippen LogP contribution in [0.2, 0.25) is 0 Å². The average molecular weight is 267 g/mol.